The standard InChI is InChI=1S/C20H36/c1-2-4-6-8-10-12-14-16-18-20-19-17-15-13-11-9-7-5-3-1/h1-2,17,19H,3-16,18,20H2. The largest absolute Gasteiger partial charge is 0.0885 e. The van der Waals surface area contributed by atoms with E-state index in [2.05, 4.69) is 24.3 Å². The summed E-state index contributed by atoms with van der Waals surface area (Å²) in [5.41, 5.74) is 0. The summed E-state index contributed by atoms with van der Waals surface area (Å²) in [6.07, 6.45) is 32.0. The lowest BCUT2D eigenvalue weighted by Gasteiger charge is -2.01. The van der Waals surface area contributed by atoms with Crippen LogP contribution >= 0.6 is 0 Å². The maximum Gasteiger partial charge on any atom is -0.0351 e. The van der Waals surface area contributed by atoms with Crippen molar-refractivity contribution < 1.29 is 0 Å². The molecule has 116 valence electrons. The zero-order chi connectivity index (χ0) is 14.1. The summed E-state index contributed by atoms with van der Waals surface area (Å²) in [6.45, 7) is 0. The van der Waals surface area contributed by atoms with Crippen molar-refractivity contribution in [2.24, 2.45) is 0 Å². The van der Waals surface area contributed by atoms with E-state index >= 15 is 0 Å². The van der Waals surface area contributed by atoms with Crippen LogP contribution in [0.2, 0.25) is 0 Å². The van der Waals surface area contributed by atoms with Crippen molar-refractivity contribution in [2.45, 2.75) is 103 Å². The van der Waals surface area contributed by atoms with Crippen LogP contribution in [0.4, 0.5) is 0 Å². The predicted molar refractivity (Wildman–Crippen MR) is 92.2 cm³/mol. The van der Waals surface area contributed by atoms with Gasteiger partial charge in [0.25, 0.3) is 0 Å². The first-order valence-corrected chi connectivity index (χ1v) is 9.30. The second kappa shape index (κ2) is 14.9. The Morgan fingerprint density at radius 3 is 0.700 bits per heavy atom. The molecule has 0 aromatic rings. The molecular formula is C20H36. The summed E-state index contributed by atoms with van der Waals surface area (Å²) < 4.78 is 0. The lowest BCUT2D eigenvalue weighted by Crippen LogP contribution is -1.81. The van der Waals surface area contributed by atoms with E-state index in [1.165, 1.54) is 103 Å². The monoisotopic (exact) mass is 276 g/mol. The fourth-order valence-corrected chi connectivity index (χ4v) is 2.93. The summed E-state index contributed by atoms with van der Waals surface area (Å²) in [5, 5.41) is 0. The van der Waals surface area contributed by atoms with Gasteiger partial charge in [0, 0.05) is 0 Å². The Morgan fingerprint density at radius 2 is 0.450 bits per heavy atom. The lowest BCUT2D eigenvalue weighted by molar-refractivity contribution is 0.582. The summed E-state index contributed by atoms with van der Waals surface area (Å²) in [6, 6.07) is 0. The molecule has 1 rings (SSSR count). The van der Waals surface area contributed by atoms with Crippen molar-refractivity contribution in [3.8, 4) is 0 Å². The van der Waals surface area contributed by atoms with Crippen LogP contribution in [-0.4, -0.2) is 0 Å². The quantitative estimate of drug-likeness (QED) is 0.405. The van der Waals surface area contributed by atoms with E-state index in [4.69, 9.17) is 0 Å². The van der Waals surface area contributed by atoms with Gasteiger partial charge < -0.3 is 0 Å². The highest BCUT2D eigenvalue weighted by Gasteiger charge is 1.92. The van der Waals surface area contributed by atoms with Gasteiger partial charge in [0.2, 0.25) is 0 Å². The molecule has 0 unspecified atom stereocenters. The van der Waals surface area contributed by atoms with Gasteiger partial charge >= 0.3 is 0 Å². The molecule has 0 bridgehead atoms. The molecule has 0 aliphatic heterocycles. The van der Waals surface area contributed by atoms with E-state index < -0.39 is 0 Å². The molecule has 0 fully saturated rings. The lowest BCUT2D eigenvalue weighted by atomic mass is 10.1. The van der Waals surface area contributed by atoms with Crippen LogP contribution in [0.5, 0.6) is 0 Å². The minimum atomic E-state index is 1.31. The average Bonchev–Trinajstić information content (AvgIpc) is 2.46. The second-order valence-electron chi connectivity index (χ2n) is 6.34. The Hall–Kier alpha value is -0.520. The number of rotatable bonds is 0. The summed E-state index contributed by atoms with van der Waals surface area (Å²) in [4.78, 5) is 0. The molecule has 0 atom stereocenters. The molecule has 0 heterocycles. The Bertz CT molecular complexity index is 212. The maximum absolute atomic E-state index is 2.42. The molecule has 0 aromatic carbocycles. The van der Waals surface area contributed by atoms with Crippen LogP contribution < -0.4 is 0 Å². The van der Waals surface area contributed by atoms with Crippen LogP contribution in [0.15, 0.2) is 24.3 Å². The average molecular weight is 277 g/mol. The van der Waals surface area contributed by atoms with Crippen molar-refractivity contribution >= 4 is 0 Å². The smallest absolute Gasteiger partial charge is 0.0351 e. The minimum Gasteiger partial charge on any atom is -0.0885 e. The molecule has 0 spiro atoms. The van der Waals surface area contributed by atoms with Crippen LogP contribution in [0, 0.1) is 0 Å². The Labute approximate surface area is 127 Å². The minimum absolute atomic E-state index is 1.31. The Balaban J connectivity index is 2.11. The van der Waals surface area contributed by atoms with Crippen molar-refractivity contribution in [3.63, 3.8) is 0 Å². The topological polar surface area (TPSA) is 0 Å². The second-order valence-corrected chi connectivity index (χ2v) is 6.34. The van der Waals surface area contributed by atoms with E-state index in [0.29, 0.717) is 0 Å². The van der Waals surface area contributed by atoms with Gasteiger partial charge in [-0.25, -0.2) is 0 Å². The highest BCUT2D eigenvalue weighted by Crippen LogP contribution is 2.12. The third kappa shape index (κ3) is 12.5. The number of allylic oxidation sites excluding steroid dienone is 4. The highest BCUT2D eigenvalue weighted by atomic mass is 14.0. The van der Waals surface area contributed by atoms with E-state index in [9.17, 15) is 0 Å². The van der Waals surface area contributed by atoms with Crippen molar-refractivity contribution in [3.05, 3.63) is 24.3 Å². The summed E-state index contributed by atoms with van der Waals surface area (Å²) >= 11 is 0. The summed E-state index contributed by atoms with van der Waals surface area (Å²) in [5.74, 6) is 0. The normalized spacial score (nSPS) is 22.4. The highest BCUT2D eigenvalue weighted by molar-refractivity contribution is 4.82. The fraction of sp³-hybridized carbons (Fsp3) is 0.800. The fourth-order valence-electron chi connectivity index (χ4n) is 2.93. The van der Waals surface area contributed by atoms with Crippen molar-refractivity contribution in [2.75, 3.05) is 0 Å². The molecule has 0 nitrogen and oxygen atoms in total. The van der Waals surface area contributed by atoms with Gasteiger partial charge in [0.1, 0.15) is 0 Å². The number of hydrogen-bond acceptors (Lipinski definition) is 0. The van der Waals surface area contributed by atoms with Gasteiger partial charge in [-0.2, -0.15) is 0 Å². The Kier molecular flexibility index (Phi) is 13.0. The maximum atomic E-state index is 2.42. The Morgan fingerprint density at radius 1 is 0.250 bits per heavy atom. The number of hydrogen-bond donors (Lipinski definition) is 0. The van der Waals surface area contributed by atoms with Crippen molar-refractivity contribution in [1.82, 2.24) is 0 Å². The van der Waals surface area contributed by atoms with Gasteiger partial charge in [-0.05, 0) is 51.4 Å². The van der Waals surface area contributed by atoms with Gasteiger partial charge in [0.15, 0.2) is 0 Å². The SMILES string of the molecule is C1=CCCCCCCCCCC=CCCCCCCC1. The molecule has 0 amide bonds. The predicted octanol–water partition coefficient (Wildman–Crippen LogP) is 7.35. The summed E-state index contributed by atoms with van der Waals surface area (Å²) in [7, 11) is 0. The molecule has 0 saturated heterocycles. The molecule has 20 heavy (non-hydrogen) atoms. The molecule has 1 aliphatic rings. The van der Waals surface area contributed by atoms with E-state index in [-0.39, 0.29) is 0 Å². The van der Waals surface area contributed by atoms with Gasteiger partial charge in [-0.1, -0.05) is 75.7 Å². The first kappa shape index (κ1) is 17.5. The molecule has 0 heteroatoms. The first-order chi connectivity index (χ1) is 10.0. The van der Waals surface area contributed by atoms with E-state index in [0.717, 1.165) is 0 Å². The molecule has 0 N–H and O–H groups in total. The molecule has 0 radical (unpaired) electrons. The zero-order valence-electron chi connectivity index (χ0n) is 13.6. The molecular weight excluding hydrogens is 240 g/mol. The molecule has 1 aliphatic carbocycles. The van der Waals surface area contributed by atoms with E-state index in [1.54, 1.807) is 0 Å². The zero-order valence-corrected chi connectivity index (χ0v) is 13.6. The third-order valence-electron chi connectivity index (χ3n) is 4.32. The van der Waals surface area contributed by atoms with E-state index in [1.807, 2.05) is 0 Å². The third-order valence-corrected chi connectivity index (χ3v) is 4.32. The van der Waals surface area contributed by atoms with Gasteiger partial charge in [-0.3, -0.25) is 0 Å². The van der Waals surface area contributed by atoms with Crippen molar-refractivity contribution in [1.29, 1.82) is 0 Å². The first-order valence-electron chi connectivity index (χ1n) is 9.30. The van der Waals surface area contributed by atoms with Crippen LogP contribution in [0.25, 0.3) is 0 Å². The molecule has 0 saturated carbocycles. The van der Waals surface area contributed by atoms with Gasteiger partial charge in [0.05, 0.1) is 0 Å². The molecule has 0 aromatic heterocycles. The van der Waals surface area contributed by atoms with Crippen LogP contribution in [-0.2, 0) is 0 Å². The van der Waals surface area contributed by atoms with Crippen LogP contribution in [0.1, 0.15) is 103 Å². The van der Waals surface area contributed by atoms with Crippen LogP contribution in [0.3, 0.4) is 0 Å². The van der Waals surface area contributed by atoms with Gasteiger partial charge in [-0.15, -0.1) is 0 Å².